The lowest BCUT2D eigenvalue weighted by Crippen LogP contribution is -2.00. The summed E-state index contributed by atoms with van der Waals surface area (Å²) in [6.45, 7) is 0.691. The zero-order valence-corrected chi connectivity index (χ0v) is 15.4. The van der Waals surface area contributed by atoms with Gasteiger partial charge in [-0.1, -0.05) is 12.1 Å². The molecule has 0 spiro atoms. The molecule has 0 aliphatic carbocycles. The number of nitrogens with one attached hydrogen (secondary N) is 1. The highest BCUT2D eigenvalue weighted by molar-refractivity contribution is 5.47. The number of methoxy groups -OCH3 is 3. The van der Waals surface area contributed by atoms with E-state index in [0.29, 0.717) is 24.1 Å². The van der Waals surface area contributed by atoms with Crippen LogP contribution in [0, 0.1) is 0 Å². The van der Waals surface area contributed by atoms with E-state index in [1.807, 2.05) is 48.5 Å². The van der Waals surface area contributed by atoms with Crippen molar-refractivity contribution in [3.8, 4) is 29.3 Å². The van der Waals surface area contributed by atoms with Crippen molar-refractivity contribution in [3.63, 3.8) is 0 Å². The lowest BCUT2D eigenvalue weighted by atomic mass is 10.2. The van der Waals surface area contributed by atoms with Crippen molar-refractivity contribution in [2.75, 3.05) is 26.6 Å². The van der Waals surface area contributed by atoms with Gasteiger partial charge in [-0.15, -0.1) is 0 Å². The minimum Gasteiger partial charge on any atom is -0.497 e. The zero-order chi connectivity index (χ0) is 19.1. The Hall–Kier alpha value is -3.48. The van der Waals surface area contributed by atoms with Crippen molar-refractivity contribution in [1.82, 2.24) is 9.97 Å². The molecule has 0 radical (unpaired) electrons. The zero-order valence-electron chi connectivity index (χ0n) is 15.4. The summed E-state index contributed by atoms with van der Waals surface area (Å²) >= 11 is 0. The summed E-state index contributed by atoms with van der Waals surface area (Å²) in [6.07, 6.45) is 0. The molecule has 27 heavy (non-hydrogen) atoms. The molecule has 0 bridgehead atoms. The molecule has 0 aliphatic heterocycles. The molecule has 3 rings (SSSR count). The molecule has 0 fully saturated rings. The number of aromatic nitrogens is 2. The SMILES string of the molecule is COc1ccc(NCc2ccc(Oc3nc(OC)cc(OC)n3)cc2)cc1. The quantitative estimate of drug-likeness (QED) is 0.647. The van der Waals surface area contributed by atoms with Crippen molar-refractivity contribution in [1.29, 1.82) is 0 Å². The predicted molar refractivity (Wildman–Crippen MR) is 102 cm³/mol. The van der Waals surface area contributed by atoms with Crippen LogP contribution in [0.4, 0.5) is 5.69 Å². The molecule has 1 N–H and O–H groups in total. The highest BCUT2D eigenvalue weighted by atomic mass is 16.5. The number of anilines is 1. The number of nitrogens with zero attached hydrogens (tertiary/aromatic N) is 2. The van der Waals surface area contributed by atoms with Gasteiger partial charge in [0.25, 0.3) is 0 Å². The highest BCUT2D eigenvalue weighted by Crippen LogP contribution is 2.24. The summed E-state index contributed by atoms with van der Waals surface area (Å²) < 4.78 is 21.1. The first kappa shape index (κ1) is 18.3. The molecule has 140 valence electrons. The Morgan fingerprint density at radius 3 is 1.89 bits per heavy atom. The first-order valence-corrected chi connectivity index (χ1v) is 8.32. The summed E-state index contributed by atoms with van der Waals surface area (Å²) in [4.78, 5) is 8.30. The minimum absolute atomic E-state index is 0.162. The van der Waals surface area contributed by atoms with Gasteiger partial charge in [-0.2, -0.15) is 9.97 Å². The molecule has 3 aromatic rings. The number of hydrogen-bond donors (Lipinski definition) is 1. The second kappa shape index (κ2) is 8.75. The number of benzene rings is 2. The monoisotopic (exact) mass is 367 g/mol. The molecule has 1 heterocycles. The normalized spacial score (nSPS) is 10.2. The fourth-order valence-electron chi connectivity index (χ4n) is 2.33. The van der Waals surface area contributed by atoms with E-state index >= 15 is 0 Å². The van der Waals surface area contributed by atoms with Gasteiger partial charge in [-0.25, -0.2) is 0 Å². The Balaban J connectivity index is 1.61. The molecule has 0 unspecified atom stereocenters. The van der Waals surface area contributed by atoms with E-state index in [0.717, 1.165) is 17.0 Å². The van der Waals surface area contributed by atoms with E-state index < -0.39 is 0 Å². The van der Waals surface area contributed by atoms with Crippen LogP contribution in [-0.2, 0) is 6.54 Å². The van der Waals surface area contributed by atoms with E-state index in [1.165, 1.54) is 14.2 Å². The van der Waals surface area contributed by atoms with Gasteiger partial charge in [0.1, 0.15) is 11.5 Å². The third-order valence-corrected chi connectivity index (χ3v) is 3.80. The molecule has 0 saturated heterocycles. The Kier molecular flexibility index (Phi) is 5.94. The largest absolute Gasteiger partial charge is 0.497 e. The van der Waals surface area contributed by atoms with Gasteiger partial charge in [-0.05, 0) is 42.0 Å². The van der Waals surface area contributed by atoms with Crippen LogP contribution in [0.15, 0.2) is 54.6 Å². The molecule has 2 aromatic carbocycles. The number of hydrogen-bond acceptors (Lipinski definition) is 7. The topological polar surface area (TPSA) is 74.7 Å². The number of ether oxygens (including phenoxy) is 4. The first-order chi connectivity index (χ1) is 13.2. The fraction of sp³-hybridized carbons (Fsp3) is 0.200. The summed E-state index contributed by atoms with van der Waals surface area (Å²) in [7, 11) is 4.70. The van der Waals surface area contributed by atoms with E-state index in [9.17, 15) is 0 Å². The van der Waals surface area contributed by atoms with Crippen molar-refractivity contribution >= 4 is 5.69 Å². The standard InChI is InChI=1S/C20H21N3O4/c1-24-16-10-6-15(7-11-16)21-13-14-4-8-17(9-5-14)27-20-22-18(25-2)12-19(23-20)26-3/h4-12,21H,13H2,1-3H3. The van der Waals surface area contributed by atoms with Gasteiger partial charge in [-0.3, -0.25) is 0 Å². The minimum atomic E-state index is 0.162. The number of rotatable bonds is 8. The van der Waals surface area contributed by atoms with Crippen LogP contribution in [0.25, 0.3) is 0 Å². The van der Waals surface area contributed by atoms with Gasteiger partial charge in [0.05, 0.1) is 27.4 Å². The van der Waals surface area contributed by atoms with Crippen molar-refractivity contribution in [3.05, 3.63) is 60.2 Å². The van der Waals surface area contributed by atoms with Crippen LogP contribution in [0.3, 0.4) is 0 Å². The second-order valence-electron chi connectivity index (χ2n) is 5.56. The molecular weight excluding hydrogens is 346 g/mol. The van der Waals surface area contributed by atoms with Crippen LogP contribution in [0.1, 0.15) is 5.56 Å². The first-order valence-electron chi connectivity index (χ1n) is 8.32. The molecule has 0 amide bonds. The maximum absolute atomic E-state index is 5.69. The molecule has 0 aliphatic rings. The molecule has 7 nitrogen and oxygen atoms in total. The Labute approximate surface area is 157 Å². The van der Waals surface area contributed by atoms with E-state index in [-0.39, 0.29) is 6.01 Å². The Bertz CT molecular complexity index is 845. The molecule has 0 saturated carbocycles. The fourth-order valence-corrected chi connectivity index (χ4v) is 2.33. The maximum Gasteiger partial charge on any atom is 0.328 e. The summed E-state index contributed by atoms with van der Waals surface area (Å²) in [6, 6.07) is 17.2. The predicted octanol–water partition coefficient (Wildman–Crippen LogP) is 3.91. The smallest absolute Gasteiger partial charge is 0.328 e. The molecular formula is C20H21N3O4. The van der Waals surface area contributed by atoms with Crippen molar-refractivity contribution in [2.24, 2.45) is 0 Å². The third kappa shape index (κ3) is 5.01. The van der Waals surface area contributed by atoms with Gasteiger partial charge < -0.3 is 24.3 Å². The summed E-state index contributed by atoms with van der Waals surface area (Å²) in [5, 5.41) is 3.36. The molecule has 1 aromatic heterocycles. The lowest BCUT2D eigenvalue weighted by molar-refractivity contribution is 0.348. The Morgan fingerprint density at radius 2 is 1.33 bits per heavy atom. The van der Waals surface area contributed by atoms with Crippen LogP contribution in [0.2, 0.25) is 0 Å². The van der Waals surface area contributed by atoms with E-state index in [2.05, 4.69) is 15.3 Å². The average molecular weight is 367 g/mol. The molecule has 0 atom stereocenters. The van der Waals surface area contributed by atoms with E-state index in [1.54, 1.807) is 13.2 Å². The van der Waals surface area contributed by atoms with Crippen LogP contribution in [0.5, 0.6) is 29.3 Å². The third-order valence-electron chi connectivity index (χ3n) is 3.80. The van der Waals surface area contributed by atoms with Gasteiger partial charge in [0.2, 0.25) is 11.8 Å². The summed E-state index contributed by atoms with van der Waals surface area (Å²) in [5.74, 6) is 2.20. The molecule has 7 heteroatoms. The van der Waals surface area contributed by atoms with Crippen molar-refractivity contribution in [2.45, 2.75) is 6.54 Å². The van der Waals surface area contributed by atoms with E-state index in [4.69, 9.17) is 18.9 Å². The highest BCUT2D eigenvalue weighted by Gasteiger charge is 2.07. The van der Waals surface area contributed by atoms with Gasteiger partial charge in [0, 0.05) is 12.2 Å². The average Bonchev–Trinajstić information content (AvgIpc) is 2.73. The van der Waals surface area contributed by atoms with Crippen LogP contribution in [-0.4, -0.2) is 31.3 Å². The van der Waals surface area contributed by atoms with Crippen LogP contribution < -0.4 is 24.3 Å². The van der Waals surface area contributed by atoms with Gasteiger partial charge in [0.15, 0.2) is 0 Å². The van der Waals surface area contributed by atoms with Crippen LogP contribution >= 0.6 is 0 Å². The Morgan fingerprint density at radius 1 is 0.741 bits per heavy atom. The van der Waals surface area contributed by atoms with Gasteiger partial charge >= 0.3 is 6.01 Å². The maximum atomic E-state index is 5.69. The second-order valence-corrected chi connectivity index (χ2v) is 5.56. The van der Waals surface area contributed by atoms with Crippen molar-refractivity contribution < 1.29 is 18.9 Å². The summed E-state index contributed by atoms with van der Waals surface area (Å²) in [5.41, 5.74) is 2.13. The lowest BCUT2D eigenvalue weighted by Gasteiger charge is -2.09.